The van der Waals surface area contributed by atoms with Gasteiger partial charge in [0.1, 0.15) is 0 Å². The second-order valence-electron chi connectivity index (χ2n) is 7.86. The van der Waals surface area contributed by atoms with E-state index in [-0.39, 0.29) is 29.8 Å². The summed E-state index contributed by atoms with van der Waals surface area (Å²) in [6, 6.07) is 8.59. The van der Waals surface area contributed by atoms with Crippen LogP contribution in [0.4, 0.5) is 5.69 Å². The van der Waals surface area contributed by atoms with Crippen LogP contribution in [0.1, 0.15) is 34.5 Å². The fraction of sp³-hybridized carbons (Fsp3) is 0.429. The summed E-state index contributed by atoms with van der Waals surface area (Å²) in [5.41, 5.74) is 8.63. The Bertz CT molecular complexity index is 1090. The van der Waals surface area contributed by atoms with Gasteiger partial charge in [-0.15, -0.1) is 0 Å². The van der Waals surface area contributed by atoms with Gasteiger partial charge in [0.2, 0.25) is 11.0 Å². The van der Waals surface area contributed by atoms with Gasteiger partial charge in [-0.25, -0.2) is 8.42 Å². The number of nitrogens with two attached hydrogens (primary N) is 1. The third kappa shape index (κ3) is 4.81. The first-order valence-corrected chi connectivity index (χ1v) is 11.8. The van der Waals surface area contributed by atoms with Gasteiger partial charge >= 0.3 is 0 Å². The zero-order valence-corrected chi connectivity index (χ0v) is 18.0. The van der Waals surface area contributed by atoms with Gasteiger partial charge in [0.15, 0.2) is 5.76 Å². The molecule has 1 aliphatic carbocycles. The number of piperazine rings is 1. The van der Waals surface area contributed by atoms with Crippen LogP contribution in [-0.2, 0) is 27.7 Å². The predicted octanol–water partition coefficient (Wildman–Crippen LogP) is 1.20. The van der Waals surface area contributed by atoms with Gasteiger partial charge in [0.25, 0.3) is 15.9 Å². The van der Waals surface area contributed by atoms with Crippen LogP contribution < -0.4 is 11.1 Å². The minimum absolute atomic E-state index is 0.0532. The molecule has 2 aliphatic rings. The first-order chi connectivity index (χ1) is 14.8. The quantitative estimate of drug-likeness (QED) is 0.658. The van der Waals surface area contributed by atoms with Crippen molar-refractivity contribution in [3.63, 3.8) is 0 Å². The lowest BCUT2D eigenvalue weighted by atomic mass is 10.1. The maximum atomic E-state index is 12.7. The lowest BCUT2D eigenvalue weighted by molar-refractivity contribution is -0.116. The number of benzene rings is 1. The Morgan fingerprint density at radius 3 is 2.48 bits per heavy atom. The lowest BCUT2D eigenvalue weighted by Crippen LogP contribution is -2.49. The van der Waals surface area contributed by atoms with E-state index in [1.165, 1.54) is 34.0 Å². The second kappa shape index (κ2) is 8.81. The third-order valence-electron chi connectivity index (χ3n) is 5.79. The van der Waals surface area contributed by atoms with Crippen molar-refractivity contribution in [3.8, 4) is 0 Å². The number of aryl methyl sites for hydroxylation is 2. The Hall–Kier alpha value is -2.69. The first kappa shape index (κ1) is 21.5. The smallest absolute Gasteiger partial charge is 0.284 e. The number of primary amides is 1. The number of furan rings is 1. The molecule has 0 atom stereocenters. The maximum Gasteiger partial charge on any atom is 0.284 e. The predicted molar refractivity (Wildman–Crippen MR) is 114 cm³/mol. The van der Waals surface area contributed by atoms with E-state index < -0.39 is 15.9 Å². The summed E-state index contributed by atoms with van der Waals surface area (Å²) in [6.45, 7) is 2.13. The monoisotopic (exact) mass is 446 g/mol. The highest BCUT2D eigenvalue weighted by Crippen LogP contribution is 2.25. The van der Waals surface area contributed by atoms with Crippen LogP contribution in [0.3, 0.4) is 0 Å². The highest BCUT2D eigenvalue weighted by molar-refractivity contribution is 7.89. The molecule has 31 heavy (non-hydrogen) atoms. The van der Waals surface area contributed by atoms with Crippen LogP contribution in [0.15, 0.2) is 39.8 Å². The average molecular weight is 447 g/mol. The van der Waals surface area contributed by atoms with Crippen molar-refractivity contribution >= 4 is 27.5 Å². The summed E-state index contributed by atoms with van der Waals surface area (Å²) in [5, 5.41) is 2.67. The summed E-state index contributed by atoms with van der Waals surface area (Å²) in [7, 11) is -3.82. The number of amides is 2. The Labute approximate surface area is 181 Å². The van der Waals surface area contributed by atoms with E-state index in [0.717, 1.165) is 18.5 Å². The highest BCUT2D eigenvalue weighted by atomic mass is 32.2. The molecule has 0 radical (unpaired) electrons. The zero-order chi connectivity index (χ0) is 22.0. The van der Waals surface area contributed by atoms with E-state index in [1.807, 2.05) is 6.07 Å². The van der Waals surface area contributed by atoms with Crippen LogP contribution in [0.2, 0.25) is 0 Å². The number of nitrogens with one attached hydrogen (secondary N) is 1. The molecule has 9 nitrogen and oxygen atoms in total. The zero-order valence-electron chi connectivity index (χ0n) is 17.2. The van der Waals surface area contributed by atoms with Crippen LogP contribution in [-0.4, -0.2) is 62.2 Å². The fourth-order valence-corrected chi connectivity index (χ4v) is 5.38. The molecule has 1 aromatic heterocycles. The summed E-state index contributed by atoms with van der Waals surface area (Å²) in [5.74, 6) is -1.06. The number of rotatable bonds is 7. The molecule has 3 N–H and O–H groups in total. The van der Waals surface area contributed by atoms with Crippen LogP contribution >= 0.6 is 0 Å². The van der Waals surface area contributed by atoms with Crippen LogP contribution in [0, 0.1) is 0 Å². The molecule has 2 aromatic rings. The van der Waals surface area contributed by atoms with Gasteiger partial charge in [-0.3, -0.25) is 9.59 Å². The first-order valence-electron chi connectivity index (χ1n) is 10.4. The van der Waals surface area contributed by atoms with Crippen molar-refractivity contribution in [1.29, 1.82) is 0 Å². The molecule has 1 aromatic carbocycles. The van der Waals surface area contributed by atoms with E-state index >= 15 is 0 Å². The molecule has 0 spiro atoms. The Kier molecular flexibility index (Phi) is 6.12. The largest absolute Gasteiger partial charge is 0.438 e. The number of carbonyl (C=O) groups excluding carboxylic acids is 2. The molecule has 0 saturated carbocycles. The molecule has 0 bridgehead atoms. The minimum Gasteiger partial charge on any atom is -0.438 e. The molecular weight excluding hydrogens is 420 g/mol. The molecule has 1 fully saturated rings. The number of fused-ring (bicyclic) bond motifs is 1. The van der Waals surface area contributed by atoms with Crippen molar-refractivity contribution in [3.05, 3.63) is 47.2 Å². The SMILES string of the molecule is NC(=O)c1ccc(S(=O)(=O)N2CCN(CCC(=O)Nc3ccc4c(c3)CCC4)CC2)o1. The van der Waals surface area contributed by atoms with E-state index in [0.29, 0.717) is 26.1 Å². The third-order valence-corrected chi connectivity index (χ3v) is 7.56. The van der Waals surface area contributed by atoms with Crippen molar-refractivity contribution in [2.45, 2.75) is 30.8 Å². The minimum atomic E-state index is -3.82. The summed E-state index contributed by atoms with van der Waals surface area (Å²) in [6.07, 6.45) is 3.68. The van der Waals surface area contributed by atoms with Crippen molar-refractivity contribution < 1.29 is 22.4 Å². The number of carbonyl (C=O) groups is 2. The van der Waals surface area contributed by atoms with E-state index in [1.54, 1.807) is 0 Å². The van der Waals surface area contributed by atoms with Crippen molar-refractivity contribution in [2.24, 2.45) is 5.73 Å². The second-order valence-corrected chi connectivity index (χ2v) is 9.73. The van der Waals surface area contributed by atoms with E-state index in [2.05, 4.69) is 22.3 Å². The molecule has 2 heterocycles. The normalized spacial score (nSPS) is 17.4. The average Bonchev–Trinajstić information content (AvgIpc) is 3.42. The number of hydrogen-bond acceptors (Lipinski definition) is 6. The summed E-state index contributed by atoms with van der Waals surface area (Å²) >= 11 is 0. The molecule has 10 heteroatoms. The topological polar surface area (TPSA) is 126 Å². The van der Waals surface area contributed by atoms with Gasteiger partial charge < -0.3 is 20.4 Å². The lowest BCUT2D eigenvalue weighted by Gasteiger charge is -2.33. The van der Waals surface area contributed by atoms with Crippen molar-refractivity contribution in [2.75, 3.05) is 38.0 Å². The summed E-state index contributed by atoms with van der Waals surface area (Å²) in [4.78, 5) is 25.5. The number of sulfonamides is 1. The number of nitrogens with zero attached hydrogens (tertiary/aromatic N) is 2. The van der Waals surface area contributed by atoms with Crippen LogP contribution in [0.5, 0.6) is 0 Å². The van der Waals surface area contributed by atoms with Gasteiger partial charge in [-0.2, -0.15) is 4.31 Å². The Morgan fingerprint density at radius 1 is 1.03 bits per heavy atom. The van der Waals surface area contributed by atoms with Crippen molar-refractivity contribution in [1.82, 2.24) is 9.21 Å². The van der Waals surface area contributed by atoms with Gasteiger partial charge in [0, 0.05) is 44.8 Å². The van der Waals surface area contributed by atoms with Gasteiger partial charge in [-0.1, -0.05) is 6.07 Å². The molecule has 1 aliphatic heterocycles. The molecular formula is C21H26N4O5S. The number of anilines is 1. The highest BCUT2D eigenvalue weighted by Gasteiger charge is 2.31. The molecule has 0 unspecified atom stereocenters. The Balaban J connectivity index is 1.25. The van der Waals surface area contributed by atoms with Gasteiger partial charge in [0.05, 0.1) is 0 Å². The molecule has 166 valence electrons. The maximum absolute atomic E-state index is 12.7. The van der Waals surface area contributed by atoms with E-state index in [4.69, 9.17) is 10.2 Å². The Morgan fingerprint density at radius 2 is 1.77 bits per heavy atom. The standard InChI is InChI=1S/C21H26N4O5S/c22-21(27)18-6-7-20(30-18)31(28,29)25-12-10-24(11-13-25)9-8-19(26)23-17-5-4-15-2-1-3-16(15)14-17/h4-7,14H,1-3,8-13H2,(H2,22,27)(H,23,26). The van der Waals surface area contributed by atoms with Gasteiger partial charge in [-0.05, 0) is 54.7 Å². The molecule has 4 rings (SSSR count). The summed E-state index contributed by atoms with van der Waals surface area (Å²) < 4.78 is 31.8. The number of hydrogen-bond donors (Lipinski definition) is 2. The fourth-order valence-electron chi connectivity index (χ4n) is 4.04. The van der Waals surface area contributed by atoms with E-state index in [9.17, 15) is 18.0 Å². The molecule has 2 amide bonds. The molecule has 1 saturated heterocycles. The van der Waals surface area contributed by atoms with Crippen LogP contribution in [0.25, 0.3) is 0 Å².